The van der Waals surface area contributed by atoms with Crippen molar-refractivity contribution in [2.24, 2.45) is 0 Å². The lowest BCUT2D eigenvalue weighted by molar-refractivity contribution is -0.113. The monoisotopic (exact) mass is 244 g/mol. The van der Waals surface area contributed by atoms with Gasteiger partial charge >= 0.3 is 0 Å². The van der Waals surface area contributed by atoms with Crippen molar-refractivity contribution in [3.05, 3.63) is 28.4 Å². The highest BCUT2D eigenvalue weighted by molar-refractivity contribution is 4.95. The van der Waals surface area contributed by atoms with Crippen molar-refractivity contribution in [1.82, 2.24) is 9.55 Å². The first-order chi connectivity index (χ1) is 8.13. The van der Waals surface area contributed by atoms with Crippen LogP contribution in [0.15, 0.2) is 17.2 Å². The molecule has 1 aromatic heterocycles. The average molecular weight is 244 g/mol. The number of aryl methyl sites for hydroxylation is 1. The van der Waals surface area contributed by atoms with Gasteiger partial charge in [-0.1, -0.05) is 0 Å². The molecule has 0 unspecified atom stereocenters. The molecule has 1 atom stereocenters. The molecule has 7 nitrogen and oxygen atoms in total. The van der Waals surface area contributed by atoms with E-state index in [4.69, 9.17) is 20.1 Å². The van der Waals surface area contributed by atoms with E-state index in [1.807, 2.05) is 0 Å². The van der Waals surface area contributed by atoms with Crippen LogP contribution >= 0.6 is 0 Å². The lowest BCUT2D eigenvalue weighted by Crippen LogP contribution is -2.35. The fourth-order valence-electron chi connectivity index (χ4n) is 1.32. The SMILES string of the molecule is Cc1nccn([C@@H](CO)OC(CO)CO)c1=O. The molecule has 0 saturated heterocycles. The molecular formula is C10H16N2O5. The van der Waals surface area contributed by atoms with Crippen LogP contribution in [0.3, 0.4) is 0 Å². The summed E-state index contributed by atoms with van der Waals surface area (Å²) in [5, 5.41) is 26.9. The van der Waals surface area contributed by atoms with E-state index in [9.17, 15) is 4.79 Å². The number of aliphatic hydroxyl groups excluding tert-OH is 3. The molecule has 0 spiro atoms. The van der Waals surface area contributed by atoms with Crippen molar-refractivity contribution in [3.63, 3.8) is 0 Å². The second kappa shape index (κ2) is 6.45. The van der Waals surface area contributed by atoms with E-state index in [0.717, 1.165) is 0 Å². The smallest absolute Gasteiger partial charge is 0.274 e. The van der Waals surface area contributed by atoms with Gasteiger partial charge in [0.2, 0.25) is 0 Å². The zero-order valence-corrected chi connectivity index (χ0v) is 9.48. The summed E-state index contributed by atoms with van der Waals surface area (Å²) in [6, 6.07) is 0. The van der Waals surface area contributed by atoms with Crippen LogP contribution in [0.25, 0.3) is 0 Å². The predicted molar refractivity (Wildman–Crippen MR) is 58.4 cm³/mol. The van der Waals surface area contributed by atoms with E-state index in [1.54, 1.807) is 6.92 Å². The lowest BCUT2D eigenvalue weighted by Gasteiger charge is -2.22. The first-order valence-electron chi connectivity index (χ1n) is 5.15. The van der Waals surface area contributed by atoms with Crippen molar-refractivity contribution in [2.45, 2.75) is 19.3 Å². The Balaban J connectivity index is 2.94. The molecule has 1 rings (SSSR count). The molecule has 0 radical (unpaired) electrons. The standard InChI is InChI=1S/C10H16N2O5/c1-7-10(16)12(3-2-11-7)9(6-15)17-8(4-13)5-14/h2-3,8-9,13-15H,4-6H2,1H3/t9-/m1/s1. The summed E-state index contributed by atoms with van der Waals surface area (Å²) in [5.74, 6) is 0. The van der Waals surface area contributed by atoms with E-state index in [-0.39, 0.29) is 11.3 Å². The van der Waals surface area contributed by atoms with Crippen molar-refractivity contribution in [1.29, 1.82) is 0 Å². The molecule has 1 heterocycles. The molecule has 0 fully saturated rings. The predicted octanol–water partition coefficient (Wildman–Crippen LogP) is -1.59. The van der Waals surface area contributed by atoms with Gasteiger partial charge in [0.05, 0.1) is 19.8 Å². The number of aliphatic hydroxyl groups is 3. The summed E-state index contributed by atoms with van der Waals surface area (Å²) >= 11 is 0. The number of rotatable bonds is 6. The van der Waals surface area contributed by atoms with Gasteiger partial charge in [-0.3, -0.25) is 14.3 Å². The number of nitrogens with zero attached hydrogens (tertiary/aromatic N) is 2. The quantitative estimate of drug-likeness (QED) is 0.557. The van der Waals surface area contributed by atoms with Gasteiger partial charge in [-0.25, -0.2) is 0 Å². The second-order valence-electron chi connectivity index (χ2n) is 3.49. The fraction of sp³-hybridized carbons (Fsp3) is 0.600. The Hall–Kier alpha value is -1.28. The third kappa shape index (κ3) is 3.34. The summed E-state index contributed by atoms with van der Waals surface area (Å²) in [7, 11) is 0. The molecule has 17 heavy (non-hydrogen) atoms. The summed E-state index contributed by atoms with van der Waals surface area (Å²) in [6.07, 6.45) is 0.999. The highest BCUT2D eigenvalue weighted by atomic mass is 16.5. The molecule has 0 aliphatic rings. The minimum absolute atomic E-state index is 0.277. The fourth-order valence-corrected chi connectivity index (χ4v) is 1.32. The van der Waals surface area contributed by atoms with Crippen molar-refractivity contribution in [3.8, 4) is 0 Å². The molecule has 0 bridgehead atoms. The minimum Gasteiger partial charge on any atom is -0.394 e. The molecule has 7 heteroatoms. The van der Waals surface area contributed by atoms with E-state index >= 15 is 0 Å². The normalized spacial score (nSPS) is 13.0. The maximum atomic E-state index is 11.7. The molecule has 1 aromatic rings. The first-order valence-corrected chi connectivity index (χ1v) is 5.15. The largest absolute Gasteiger partial charge is 0.394 e. The van der Waals surface area contributed by atoms with Crippen LogP contribution in [-0.4, -0.2) is 50.8 Å². The van der Waals surface area contributed by atoms with Gasteiger partial charge in [-0.15, -0.1) is 0 Å². The Labute approximate surface area is 97.9 Å². The molecule has 0 aliphatic heterocycles. The summed E-state index contributed by atoms with van der Waals surface area (Å²) in [5.41, 5.74) is -0.111. The highest BCUT2D eigenvalue weighted by Crippen LogP contribution is 2.08. The maximum absolute atomic E-state index is 11.7. The van der Waals surface area contributed by atoms with Crippen LogP contribution in [0.5, 0.6) is 0 Å². The average Bonchev–Trinajstić information content (AvgIpc) is 2.35. The van der Waals surface area contributed by atoms with Crippen LogP contribution in [0.2, 0.25) is 0 Å². The van der Waals surface area contributed by atoms with Crippen molar-refractivity contribution >= 4 is 0 Å². The zero-order valence-electron chi connectivity index (χ0n) is 9.48. The van der Waals surface area contributed by atoms with Crippen LogP contribution in [0.1, 0.15) is 11.9 Å². The zero-order chi connectivity index (χ0) is 12.8. The molecule has 0 saturated carbocycles. The third-order valence-electron chi connectivity index (χ3n) is 2.26. The first kappa shape index (κ1) is 13.8. The summed E-state index contributed by atoms with van der Waals surface area (Å²) in [6.45, 7) is 0.306. The van der Waals surface area contributed by atoms with Gasteiger partial charge in [-0.2, -0.15) is 0 Å². The molecule has 3 N–H and O–H groups in total. The van der Waals surface area contributed by atoms with Gasteiger partial charge in [0.15, 0.2) is 6.23 Å². The molecule has 0 aliphatic carbocycles. The molecule has 0 aromatic carbocycles. The van der Waals surface area contributed by atoms with Crippen molar-refractivity contribution in [2.75, 3.05) is 19.8 Å². The van der Waals surface area contributed by atoms with Gasteiger partial charge in [0, 0.05) is 12.4 Å². The van der Waals surface area contributed by atoms with Gasteiger partial charge in [0.1, 0.15) is 11.8 Å². The van der Waals surface area contributed by atoms with Crippen LogP contribution in [0, 0.1) is 6.92 Å². The third-order valence-corrected chi connectivity index (χ3v) is 2.26. The van der Waals surface area contributed by atoms with E-state index < -0.39 is 32.2 Å². The molecule has 96 valence electrons. The van der Waals surface area contributed by atoms with Gasteiger partial charge in [-0.05, 0) is 6.92 Å². The van der Waals surface area contributed by atoms with Gasteiger partial charge in [0.25, 0.3) is 5.56 Å². The highest BCUT2D eigenvalue weighted by Gasteiger charge is 2.18. The maximum Gasteiger partial charge on any atom is 0.274 e. The van der Waals surface area contributed by atoms with E-state index in [1.165, 1.54) is 17.0 Å². The second-order valence-corrected chi connectivity index (χ2v) is 3.49. The lowest BCUT2D eigenvalue weighted by atomic mass is 10.4. The summed E-state index contributed by atoms with van der Waals surface area (Å²) in [4.78, 5) is 15.5. The molecule has 0 amide bonds. The Morgan fingerprint density at radius 3 is 2.53 bits per heavy atom. The van der Waals surface area contributed by atoms with Crippen LogP contribution in [0.4, 0.5) is 0 Å². The number of ether oxygens (including phenoxy) is 1. The van der Waals surface area contributed by atoms with Crippen LogP contribution in [-0.2, 0) is 4.74 Å². The number of hydrogen-bond acceptors (Lipinski definition) is 6. The van der Waals surface area contributed by atoms with Crippen molar-refractivity contribution < 1.29 is 20.1 Å². The Bertz CT molecular complexity index is 402. The topological polar surface area (TPSA) is 105 Å². The summed E-state index contributed by atoms with van der Waals surface area (Å²) < 4.78 is 6.37. The Morgan fingerprint density at radius 1 is 1.35 bits per heavy atom. The minimum atomic E-state index is -0.950. The van der Waals surface area contributed by atoms with Gasteiger partial charge < -0.3 is 20.1 Å². The van der Waals surface area contributed by atoms with E-state index in [2.05, 4.69) is 4.98 Å². The van der Waals surface area contributed by atoms with Crippen LogP contribution < -0.4 is 5.56 Å². The number of aromatic nitrogens is 2. The number of hydrogen-bond donors (Lipinski definition) is 3. The Kier molecular flexibility index (Phi) is 5.23. The Morgan fingerprint density at radius 2 is 2.00 bits per heavy atom. The van der Waals surface area contributed by atoms with E-state index in [0.29, 0.717) is 0 Å². The molecular weight excluding hydrogens is 228 g/mol.